The monoisotopic (exact) mass is 500 g/mol. The van der Waals surface area contributed by atoms with Crippen molar-refractivity contribution in [3.63, 3.8) is 0 Å². The molecule has 0 heteroatoms. The lowest BCUT2D eigenvalue weighted by atomic mass is 9.76. The van der Waals surface area contributed by atoms with E-state index >= 15 is 0 Å². The normalized spacial score (nSPS) is 24.3. The summed E-state index contributed by atoms with van der Waals surface area (Å²) in [4.78, 5) is 0. The molecule has 0 aliphatic heterocycles. The smallest absolute Gasteiger partial charge is 0.0159 e. The third kappa shape index (κ3) is 8.46. The van der Waals surface area contributed by atoms with Crippen molar-refractivity contribution in [2.24, 2.45) is 11.8 Å². The fourth-order valence-electron chi connectivity index (χ4n) is 7.61. The van der Waals surface area contributed by atoms with E-state index in [9.17, 15) is 0 Å². The number of benzene rings is 2. The first-order valence-corrected chi connectivity index (χ1v) is 16.4. The minimum absolute atomic E-state index is 0.783. The van der Waals surface area contributed by atoms with Crippen molar-refractivity contribution in [2.45, 2.75) is 148 Å². The first-order chi connectivity index (χ1) is 18.2. The van der Waals surface area contributed by atoms with E-state index in [0.717, 1.165) is 23.7 Å². The largest absolute Gasteiger partial charge is 0.0654 e. The van der Waals surface area contributed by atoms with Gasteiger partial charge in [0.05, 0.1) is 0 Å². The van der Waals surface area contributed by atoms with Crippen LogP contribution in [0.25, 0.3) is 11.1 Å². The maximum atomic E-state index is 2.46. The van der Waals surface area contributed by atoms with Gasteiger partial charge in [0.15, 0.2) is 0 Å². The van der Waals surface area contributed by atoms with Crippen molar-refractivity contribution < 1.29 is 0 Å². The average Bonchev–Trinajstić information content (AvgIpc) is 2.94. The van der Waals surface area contributed by atoms with Gasteiger partial charge in [-0.3, -0.25) is 0 Å². The number of aryl methyl sites for hydroxylation is 1. The van der Waals surface area contributed by atoms with Crippen molar-refractivity contribution in [2.75, 3.05) is 0 Å². The lowest BCUT2D eigenvalue weighted by molar-refractivity contribution is 0.302. The van der Waals surface area contributed by atoms with Crippen molar-refractivity contribution >= 4 is 0 Å². The molecule has 2 saturated carbocycles. The topological polar surface area (TPSA) is 0 Å². The summed E-state index contributed by atoms with van der Waals surface area (Å²) in [5, 5.41) is 0. The zero-order chi connectivity index (χ0) is 25.9. The van der Waals surface area contributed by atoms with Crippen LogP contribution in [0.3, 0.4) is 0 Å². The van der Waals surface area contributed by atoms with Gasteiger partial charge in [0, 0.05) is 0 Å². The molecule has 0 amide bonds. The SMILES string of the molecule is CCCCCCCCC[C@H]1CC[C@H](c2ccc(-c3ccc([C@H]4CC[C@H](CCC)CC4)c(C)c3)cc2)CC1. The van der Waals surface area contributed by atoms with Crippen molar-refractivity contribution in [3.05, 3.63) is 59.2 Å². The molecule has 37 heavy (non-hydrogen) atoms. The van der Waals surface area contributed by atoms with E-state index in [-0.39, 0.29) is 0 Å². The fraction of sp³-hybridized carbons (Fsp3) is 0.676. The standard InChI is InChI=1S/C37H56/c1-4-6-7-8-9-10-11-13-31-14-18-32(19-15-31)33-22-24-34(25-23-33)36-26-27-37(29(3)28-36)35-20-16-30(12-5-2)17-21-35/h22-28,30-32,35H,4-21H2,1-3H3/t30-,31-,32-,35-. The summed E-state index contributed by atoms with van der Waals surface area (Å²) in [5.74, 6) is 3.55. The van der Waals surface area contributed by atoms with E-state index in [1.807, 2.05) is 0 Å². The van der Waals surface area contributed by atoms with Gasteiger partial charge in [-0.2, -0.15) is 0 Å². The number of hydrogen-bond acceptors (Lipinski definition) is 0. The van der Waals surface area contributed by atoms with E-state index in [1.165, 1.54) is 132 Å². The molecule has 2 fully saturated rings. The molecular formula is C37H56. The molecule has 2 aromatic rings. The van der Waals surface area contributed by atoms with Crippen LogP contribution in [0.15, 0.2) is 42.5 Å². The molecule has 2 aliphatic carbocycles. The van der Waals surface area contributed by atoms with Gasteiger partial charge >= 0.3 is 0 Å². The minimum atomic E-state index is 0.783. The molecule has 0 saturated heterocycles. The second-order valence-electron chi connectivity index (χ2n) is 12.8. The number of unbranched alkanes of at least 4 members (excludes halogenated alkanes) is 6. The Morgan fingerprint density at radius 3 is 1.73 bits per heavy atom. The van der Waals surface area contributed by atoms with Crippen LogP contribution in [0.4, 0.5) is 0 Å². The zero-order valence-electron chi connectivity index (χ0n) is 24.6. The quantitative estimate of drug-likeness (QED) is 0.240. The van der Waals surface area contributed by atoms with Crippen molar-refractivity contribution in [1.82, 2.24) is 0 Å². The molecule has 0 radical (unpaired) electrons. The molecule has 0 aromatic heterocycles. The maximum absolute atomic E-state index is 2.46. The van der Waals surface area contributed by atoms with Gasteiger partial charge in [-0.15, -0.1) is 0 Å². The Hall–Kier alpha value is -1.56. The first-order valence-electron chi connectivity index (χ1n) is 16.4. The van der Waals surface area contributed by atoms with Gasteiger partial charge in [-0.05, 0) is 110 Å². The number of hydrogen-bond donors (Lipinski definition) is 0. The minimum Gasteiger partial charge on any atom is -0.0654 e. The Balaban J connectivity index is 1.22. The van der Waals surface area contributed by atoms with Gasteiger partial charge in [0.1, 0.15) is 0 Å². The maximum Gasteiger partial charge on any atom is -0.0159 e. The highest BCUT2D eigenvalue weighted by atomic mass is 14.3. The van der Waals surface area contributed by atoms with Crippen LogP contribution in [0.5, 0.6) is 0 Å². The Morgan fingerprint density at radius 2 is 1.11 bits per heavy atom. The summed E-state index contributed by atoms with van der Waals surface area (Å²) in [6.07, 6.45) is 25.7. The second kappa shape index (κ2) is 15.1. The predicted octanol–water partition coefficient (Wildman–Crippen LogP) is 12.2. The lowest BCUT2D eigenvalue weighted by Gasteiger charge is -2.30. The highest BCUT2D eigenvalue weighted by Gasteiger charge is 2.24. The summed E-state index contributed by atoms with van der Waals surface area (Å²) in [7, 11) is 0. The third-order valence-corrected chi connectivity index (χ3v) is 10.0. The Bertz CT molecular complexity index is 890. The molecule has 0 nitrogen and oxygen atoms in total. The van der Waals surface area contributed by atoms with Gasteiger partial charge < -0.3 is 0 Å². The molecule has 4 rings (SSSR count). The summed E-state index contributed by atoms with van der Waals surface area (Å²) >= 11 is 0. The summed E-state index contributed by atoms with van der Waals surface area (Å²) in [6.45, 7) is 6.99. The predicted molar refractivity (Wildman–Crippen MR) is 164 cm³/mol. The molecule has 2 aliphatic rings. The molecular weight excluding hydrogens is 444 g/mol. The first kappa shape index (κ1) is 28.4. The molecule has 0 heterocycles. The van der Waals surface area contributed by atoms with Gasteiger partial charge in [0.25, 0.3) is 0 Å². The van der Waals surface area contributed by atoms with Crippen LogP contribution in [0, 0.1) is 18.8 Å². The van der Waals surface area contributed by atoms with E-state index in [1.54, 1.807) is 11.1 Å². The third-order valence-electron chi connectivity index (χ3n) is 10.0. The average molecular weight is 501 g/mol. The Kier molecular flexibility index (Phi) is 11.6. The van der Waals surface area contributed by atoms with Crippen LogP contribution in [0.1, 0.15) is 158 Å². The summed E-state index contributed by atoms with van der Waals surface area (Å²) in [6, 6.07) is 17.0. The van der Waals surface area contributed by atoms with Gasteiger partial charge in [-0.25, -0.2) is 0 Å². The van der Waals surface area contributed by atoms with Crippen molar-refractivity contribution in [1.29, 1.82) is 0 Å². The second-order valence-corrected chi connectivity index (χ2v) is 12.8. The van der Waals surface area contributed by atoms with Gasteiger partial charge in [-0.1, -0.05) is 121 Å². The van der Waals surface area contributed by atoms with Crippen molar-refractivity contribution in [3.8, 4) is 11.1 Å². The molecule has 2 aromatic carbocycles. The van der Waals surface area contributed by atoms with E-state index in [2.05, 4.69) is 63.2 Å². The summed E-state index contributed by atoms with van der Waals surface area (Å²) < 4.78 is 0. The number of rotatable bonds is 13. The highest BCUT2D eigenvalue weighted by molar-refractivity contribution is 5.65. The van der Waals surface area contributed by atoms with Crippen LogP contribution < -0.4 is 0 Å². The Labute approximate surface area is 230 Å². The zero-order valence-corrected chi connectivity index (χ0v) is 24.6. The van der Waals surface area contributed by atoms with Crippen LogP contribution in [-0.2, 0) is 0 Å². The highest BCUT2D eigenvalue weighted by Crippen LogP contribution is 2.40. The Morgan fingerprint density at radius 1 is 0.541 bits per heavy atom. The van der Waals surface area contributed by atoms with Crippen LogP contribution in [0.2, 0.25) is 0 Å². The lowest BCUT2D eigenvalue weighted by Crippen LogP contribution is -2.14. The van der Waals surface area contributed by atoms with E-state index in [4.69, 9.17) is 0 Å². The molecule has 0 unspecified atom stereocenters. The van der Waals surface area contributed by atoms with Crippen LogP contribution in [-0.4, -0.2) is 0 Å². The van der Waals surface area contributed by atoms with Crippen LogP contribution >= 0.6 is 0 Å². The molecule has 0 spiro atoms. The molecule has 0 atom stereocenters. The molecule has 204 valence electrons. The fourth-order valence-corrected chi connectivity index (χ4v) is 7.61. The molecule has 0 bridgehead atoms. The van der Waals surface area contributed by atoms with E-state index in [0.29, 0.717) is 0 Å². The summed E-state index contributed by atoms with van der Waals surface area (Å²) in [5.41, 5.74) is 7.47. The van der Waals surface area contributed by atoms with Gasteiger partial charge in [0.2, 0.25) is 0 Å². The van der Waals surface area contributed by atoms with E-state index < -0.39 is 0 Å². The molecule has 0 N–H and O–H groups in total.